The average Bonchev–Trinajstić information content (AvgIpc) is 2.54. The Morgan fingerprint density at radius 2 is 1.88 bits per heavy atom. The topological polar surface area (TPSA) is 76.1 Å². The molecular weight excluding hydrogens is 304 g/mol. The Hall–Kier alpha value is -2.63. The largest absolute Gasteiger partial charge is 0.489 e. The second-order valence-electron chi connectivity index (χ2n) is 6.18. The molecule has 6 heteroatoms. The van der Waals surface area contributed by atoms with Gasteiger partial charge in [0, 0.05) is 6.54 Å². The summed E-state index contributed by atoms with van der Waals surface area (Å²) in [6.07, 6.45) is 3.05. The monoisotopic (exact) mass is 328 g/mol. The van der Waals surface area contributed by atoms with Gasteiger partial charge in [-0.1, -0.05) is 26.0 Å². The summed E-state index contributed by atoms with van der Waals surface area (Å²) in [6, 6.07) is 7.32. The number of ether oxygens (including phenoxy) is 1. The van der Waals surface area contributed by atoms with E-state index in [9.17, 15) is 4.79 Å². The van der Waals surface area contributed by atoms with E-state index in [0.29, 0.717) is 23.2 Å². The Balaban J connectivity index is 2.05. The average molecular weight is 328 g/mol. The number of rotatable bonds is 7. The Labute approximate surface area is 142 Å². The normalized spacial score (nSPS) is 10.8. The predicted octanol–water partition coefficient (Wildman–Crippen LogP) is 3.58. The van der Waals surface area contributed by atoms with Gasteiger partial charge < -0.3 is 15.4 Å². The van der Waals surface area contributed by atoms with Gasteiger partial charge >= 0.3 is 0 Å². The van der Waals surface area contributed by atoms with Crippen LogP contribution in [0.4, 0.5) is 11.5 Å². The summed E-state index contributed by atoms with van der Waals surface area (Å²) in [5, 5.41) is 5.98. The lowest BCUT2D eigenvalue weighted by Crippen LogP contribution is -2.16. The van der Waals surface area contributed by atoms with E-state index in [1.165, 1.54) is 6.20 Å². The molecule has 0 aliphatic heterocycles. The molecular formula is C18H24N4O2. The molecule has 0 fully saturated rings. The summed E-state index contributed by atoms with van der Waals surface area (Å²) in [5.74, 6) is 1.47. The van der Waals surface area contributed by atoms with Crippen molar-refractivity contribution < 1.29 is 9.53 Å². The molecule has 1 amide bonds. The number of hydrogen-bond acceptors (Lipinski definition) is 5. The first-order valence-electron chi connectivity index (χ1n) is 8.08. The molecule has 0 aliphatic rings. The molecule has 24 heavy (non-hydrogen) atoms. The van der Waals surface area contributed by atoms with Crippen LogP contribution >= 0.6 is 0 Å². The Bertz CT molecular complexity index is 669. The van der Waals surface area contributed by atoms with Crippen LogP contribution in [0.3, 0.4) is 0 Å². The van der Waals surface area contributed by atoms with Crippen molar-refractivity contribution in [3.05, 3.63) is 42.4 Å². The minimum absolute atomic E-state index is 0.0224. The van der Waals surface area contributed by atoms with Crippen LogP contribution in [-0.4, -0.2) is 28.5 Å². The summed E-state index contributed by atoms with van der Waals surface area (Å²) < 4.78 is 5.69. The fraction of sp³-hybridized carbons (Fsp3) is 0.389. The Morgan fingerprint density at radius 3 is 2.50 bits per heavy atom. The Morgan fingerprint density at radius 1 is 1.12 bits per heavy atom. The molecule has 1 aromatic heterocycles. The lowest BCUT2D eigenvalue weighted by molar-refractivity contribution is 0.102. The predicted molar refractivity (Wildman–Crippen MR) is 95.5 cm³/mol. The minimum Gasteiger partial charge on any atom is -0.489 e. The van der Waals surface area contributed by atoms with E-state index in [1.807, 2.05) is 32.0 Å². The van der Waals surface area contributed by atoms with E-state index in [1.54, 1.807) is 12.3 Å². The maximum Gasteiger partial charge on any atom is 0.275 e. The fourth-order valence-electron chi connectivity index (χ4n) is 1.96. The second-order valence-corrected chi connectivity index (χ2v) is 6.18. The number of para-hydroxylation sites is 2. The molecule has 1 heterocycles. The number of anilines is 2. The van der Waals surface area contributed by atoms with Crippen LogP contribution in [0.2, 0.25) is 0 Å². The van der Waals surface area contributed by atoms with E-state index in [2.05, 4.69) is 34.4 Å². The zero-order valence-corrected chi connectivity index (χ0v) is 14.5. The number of aromatic nitrogens is 2. The van der Waals surface area contributed by atoms with Crippen LogP contribution in [0.1, 0.15) is 38.2 Å². The van der Waals surface area contributed by atoms with Gasteiger partial charge in [-0.15, -0.1) is 0 Å². The second kappa shape index (κ2) is 8.29. The highest BCUT2D eigenvalue weighted by atomic mass is 16.5. The van der Waals surface area contributed by atoms with Crippen molar-refractivity contribution in [2.45, 2.75) is 33.8 Å². The Kier molecular flexibility index (Phi) is 6.12. The van der Waals surface area contributed by atoms with Crippen molar-refractivity contribution in [3.8, 4) is 5.75 Å². The van der Waals surface area contributed by atoms with Crippen molar-refractivity contribution >= 4 is 17.4 Å². The van der Waals surface area contributed by atoms with Crippen molar-refractivity contribution in [1.29, 1.82) is 0 Å². The molecule has 0 saturated carbocycles. The zero-order valence-electron chi connectivity index (χ0n) is 14.5. The van der Waals surface area contributed by atoms with Crippen LogP contribution in [0, 0.1) is 5.92 Å². The van der Waals surface area contributed by atoms with Crippen LogP contribution in [0.25, 0.3) is 0 Å². The summed E-state index contributed by atoms with van der Waals surface area (Å²) in [5.41, 5.74) is 0.865. The molecule has 6 nitrogen and oxygen atoms in total. The molecule has 2 aromatic rings. The van der Waals surface area contributed by atoms with Crippen molar-refractivity contribution in [1.82, 2.24) is 9.97 Å². The van der Waals surface area contributed by atoms with Crippen LogP contribution in [-0.2, 0) is 0 Å². The summed E-state index contributed by atoms with van der Waals surface area (Å²) in [4.78, 5) is 20.7. The maximum absolute atomic E-state index is 12.3. The molecule has 0 saturated heterocycles. The highest BCUT2D eigenvalue weighted by Crippen LogP contribution is 2.25. The molecule has 2 N–H and O–H groups in total. The SMILES string of the molecule is CC(C)CNc1cnc(C(=O)Nc2ccccc2OC(C)C)cn1. The number of hydrogen-bond donors (Lipinski definition) is 2. The van der Waals surface area contributed by atoms with Crippen LogP contribution in [0.15, 0.2) is 36.7 Å². The third-order valence-corrected chi connectivity index (χ3v) is 3.07. The van der Waals surface area contributed by atoms with Crippen molar-refractivity contribution in [2.75, 3.05) is 17.2 Å². The van der Waals surface area contributed by atoms with Gasteiger partial charge in [0.1, 0.15) is 17.3 Å². The number of nitrogens with one attached hydrogen (secondary N) is 2. The smallest absolute Gasteiger partial charge is 0.275 e. The van der Waals surface area contributed by atoms with Crippen molar-refractivity contribution in [2.24, 2.45) is 5.92 Å². The van der Waals surface area contributed by atoms with Gasteiger partial charge in [0.15, 0.2) is 0 Å². The quantitative estimate of drug-likeness (QED) is 0.812. The van der Waals surface area contributed by atoms with Crippen LogP contribution in [0.5, 0.6) is 5.75 Å². The summed E-state index contributed by atoms with van der Waals surface area (Å²) in [6.45, 7) is 8.90. The molecule has 0 radical (unpaired) electrons. The molecule has 0 bridgehead atoms. The molecule has 0 unspecified atom stereocenters. The zero-order chi connectivity index (χ0) is 17.5. The molecule has 2 rings (SSSR count). The van der Waals surface area contributed by atoms with Gasteiger partial charge in [-0.05, 0) is 31.9 Å². The third-order valence-electron chi connectivity index (χ3n) is 3.07. The molecule has 0 atom stereocenters. The highest BCUT2D eigenvalue weighted by molar-refractivity contribution is 6.03. The summed E-state index contributed by atoms with van der Waals surface area (Å²) >= 11 is 0. The van der Waals surface area contributed by atoms with E-state index in [-0.39, 0.29) is 17.7 Å². The first kappa shape index (κ1) is 17.7. The van der Waals surface area contributed by atoms with Gasteiger partial charge in [-0.3, -0.25) is 4.79 Å². The lowest BCUT2D eigenvalue weighted by Gasteiger charge is -2.14. The summed E-state index contributed by atoms with van der Waals surface area (Å²) in [7, 11) is 0. The standard InChI is InChI=1S/C18H24N4O2/c1-12(2)9-20-17-11-19-15(10-21-17)18(23)22-14-7-5-6-8-16(14)24-13(3)4/h5-8,10-13H,9H2,1-4H3,(H,20,21)(H,22,23). The fourth-order valence-corrected chi connectivity index (χ4v) is 1.96. The number of carbonyl (C=O) groups excluding carboxylic acids is 1. The molecule has 0 spiro atoms. The maximum atomic E-state index is 12.3. The number of carbonyl (C=O) groups is 1. The molecule has 1 aromatic carbocycles. The van der Waals surface area contributed by atoms with E-state index in [4.69, 9.17) is 4.74 Å². The van der Waals surface area contributed by atoms with E-state index >= 15 is 0 Å². The number of nitrogens with zero attached hydrogens (tertiary/aromatic N) is 2. The van der Waals surface area contributed by atoms with Gasteiger partial charge in [0.25, 0.3) is 5.91 Å². The van der Waals surface area contributed by atoms with Crippen molar-refractivity contribution in [3.63, 3.8) is 0 Å². The first-order valence-corrected chi connectivity index (χ1v) is 8.08. The number of benzene rings is 1. The van der Waals surface area contributed by atoms with Gasteiger partial charge in [0.2, 0.25) is 0 Å². The third kappa shape index (κ3) is 5.22. The lowest BCUT2D eigenvalue weighted by atomic mass is 10.2. The number of amides is 1. The van der Waals surface area contributed by atoms with Gasteiger partial charge in [0.05, 0.1) is 24.2 Å². The van der Waals surface area contributed by atoms with Gasteiger partial charge in [-0.2, -0.15) is 0 Å². The van der Waals surface area contributed by atoms with Crippen LogP contribution < -0.4 is 15.4 Å². The minimum atomic E-state index is -0.322. The van der Waals surface area contributed by atoms with E-state index < -0.39 is 0 Å². The highest BCUT2D eigenvalue weighted by Gasteiger charge is 2.12. The first-order chi connectivity index (χ1) is 11.5. The van der Waals surface area contributed by atoms with E-state index in [0.717, 1.165) is 6.54 Å². The molecule has 0 aliphatic carbocycles. The van der Waals surface area contributed by atoms with Gasteiger partial charge in [-0.25, -0.2) is 9.97 Å². The molecule has 128 valence electrons.